The van der Waals surface area contributed by atoms with Gasteiger partial charge < -0.3 is 0 Å². The average Bonchev–Trinajstić information content (AvgIpc) is 2.59. The van der Waals surface area contributed by atoms with Crippen LogP contribution in [-0.2, 0) is 10.1 Å². The van der Waals surface area contributed by atoms with Gasteiger partial charge in [0.1, 0.15) is 11.1 Å². The summed E-state index contributed by atoms with van der Waals surface area (Å²) in [5.41, 5.74) is -0.103. The summed E-state index contributed by atoms with van der Waals surface area (Å²) in [5.74, 6) is -3.55. The molecule has 2 aromatic carbocycles. The summed E-state index contributed by atoms with van der Waals surface area (Å²) >= 11 is 0. The van der Waals surface area contributed by atoms with E-state index in [9.17, 15) is 23.2 Å². The Morgan fingerprint density at radius 3 is 2.33 bits per heavy atom. The van der Waals surface area contributed by atoms with Gasteiger partial charge in [-0.15, -0.1) is 0 Å². The van der Waals surface area contributed by atoms with Gasteiger partial charge in [0.25, 0.3) is 5.88 Å². The first kappa shape index (κ1) is 13.8. The zero-order valence-electron chi connectivity index (χ0n) is 10.6. The highest BCUT2D eigenvalue weighted by atomic mass is 32.2. The van der Waals surface area contributed by atoms with Crippen LogP contribution in [-0.4, -0.2) is 40.5 Å². The molecule has 0 saturated heterocycles. The highest BCUT2D eigenvalue weighted by molar-refractivity contribution is 7.85. The molecule has 0 fully saturated rings. The van der Waals surface area contributed by atoms with Crippen molar-refractivity contribution in [2.75, 3.05) is 5.88 Å². The Morgan fingerprint density at radius 1 is 1.00 bits per heavy atom. The number of amides is 2. The molecule has 2 amide bonds. The van der Waals surface area contributed by atoms with Crippen molar-refractivity contribution in [2.45, 2.75) is 0 Å². The van der Waals surface area contributed by atoms with E-state index in [-0.39, 0.29) is 11.1 Å². The van der Waals surface area contributed by atoms with E-state index in [4.69, 9.17) is 4.55 Å². The highest BCUT2D eigenvalue weighted by Gasteiger charge is 2.57. The summed E-state index contributed by atoms with van der Waals surface area (Å²) in [4.78, 5) is 24.5. The zero-order chi connectivity index (χ0) is 15.4. The van der Waals surface area contributed by atoms with Gasteiger partial charge in [0.2, 0.25) is 0 Å². The molecule has 0 aliphatic carbocycles. The Morgan fingerprint density at radius 2 is 1.67 bits per heavy atom. The number of nitrogens with zero attached hydrogens (tertiary/aromatic N) is 1. The second-order valence-corrected chi connectivity index (χ2v) is 6.22. The fourth-order valence-electron chi connectivity index (χ4n) is 2.51. The summed E-state index contributed by atoms with van der Waals surface area (Å²) < 4.78 is 28.8. The van der Waals surface area contributed by atoms with Crippen LogP contribution in [0.2, 0.25) is 0 Å². The van der Waals surface area contributed by atoms with E-state index in [1.54, 1.807) is 30.3 Å². The van der Waals surface area contributed by atoms with Crippen LogP contribution in [0.4, 0.5) is 0 Å². The van der Waals surface area contributed by atoms with E-state index in [0.29, 0.717) is 10.8 Å². The predicted molar refractivity (Wildman–Crippen MR) is 71.1 cm³/mol. The minimum atomic E-state index is -4.72. The number of imide groups is 1. The van der Waals surface area contributed by atoms with Crippen molar-refractivity contribution in [3.05, 3.63) is 47.5 Å². The predicted octanol–water partition coefficient (Wildman–Crippen LogP) is 1.19. The Kier molecular flexibility index (Phi) is 2.76. The lowest BCUT2D eigenvalue weighted by Gasteiger charge is -2.16. The second-order valence-electron chi connectivity index (χ2n) is 4.80. The third kappa shape index (κ3) is 1.96. The van der Waals surface area contributed by atoms with Gasteiger partial charge in [0.05, 0.1) is 0 Å². The van der Waals surface area contributed by atoms with Crippen molar-refractivity contribution in [3.8, 4) is 0 Å². The van der Waals surface area contributed by atoms with Gasteiger partial charge in [-0.1, -0.05) is 30.3 Å². The molecule has 0 radical (unpaired) electrons. The molecular formula is C13H10NO6S+. The SMILES string of the molecule is O=C1c2ccc3ccccc3c2C(=O)[N+]1(O)CS(=O)(=O)O. The Bertz CT molecular complexity index is 904. The molecule has 2 aromatic rings. The molecule has 1 atom stereocenters. The maximum Gasteiger partial charge on any atom is 0.388 e. The van der Waals surface area contributed by atoms with Gasteiger partial charge in [-0.05, 0) is 21.5 Å². The Labute approximate surface area is 119 Å². The normalized spacial score (nSPS) is 21.8. The smallest absolute Gasteiger partial charge is 0.281 e. The molecule has 3 rings (SSSR count). The molecule has 8 heteroatoms. The van der Waals surface area contributed by atoms with E-state index in [1.807, 2.05) is 0 Å². The molecule has 0 aromatic heterocycles. The van der Waals surface area contributed by atoms with Gasteiger partial charge in [0, 0.05) is 0 Å². The largest absolute Gasteiger partial charge is 0.388 e. The molecule has 7 nitrogen and oxygen atoms in total. The van der Waals surface area contributed by atoms with E-state index in [2.05, 4.69) is 0 Å². The number of quaternary nitrogens is 1. The minimum Gasteiger partial charge on any atom is -0.281 e. The van der Waals surface area contributed by atoms with E-state index < -0.39 is 32.5 Å². The molecule has 2 N–H and O–H groups in total. The molecule has 0 bridgehead atoms. The molecule has 0 spiro atoms. The highest BCUT2D eigenvalue weighted by Crippen LogP contribution is 2.34. The standard InChI is InChI=1S/C13H9NO6S/c15-12-10-6-5-8-3-1-2-4-9(8)11(10)13(16)14(12,17)7-21(18,19)20/h1-6,17H,7H2/p+1. The molecule has 1 heterocycles. The molecule has 0 saturated carbocycles. The van der Waals surface area contributed by atoms with Gasteiger partial charge in [0.15, 0.2) is 0 Å². The monoisotopic (exact) mass is 308 g/mol. The lowest BCUT2D eigenvalue weighted by molar-refractivity contribution is -0.955. The molecule has 1 aliphatic rings. The number of fused-ring (bicyclic) bond motifs is 3. The summed E-state index contributed by atoms with van der Waals surface area (Å²) in [6, 6.07) is 9.69. The summed E-state index contributed by atoms with van der Waals surface area (Å²) in [7, 11) is -4.72. The first-order valence-electron chi connectivity index (χ1n) is 5.91. The number of hydroxylamine groups is 3. The van der Waals surface area contributed by atoms with Gasteiger partial charge >= 0.3 is 21.9 Å². The molecule has 21 heavy (non-hydrogen) atoms. The fourth-order valence-corrected chi connectivity index (χ4v) is 3.22. The van der Waals surface area contributed by atoms with E-state index in [1.165, 1.54) is 6.07 Å². The Hall–Kier alpha value is -2.13. The van der Waals surface area contributed by atoms with Crippen molar-refractivity contribution < 1.29 is 32.4 Å². The van der Waals surface area contributed by atoms with Crippen LogP contribution in [0.3, 0.4) is 0 Å². The van der Waals surface area contributed by atoms with Crippen LogP contribution >= 0.6 is 0 Å². The number of hydrogen-bond donors (Lipinski definition) is 2. The summed E-state index contributed by atoms with van der Waals surface area (Å²) in [5, 5.41) is 11.3. The van der Waals surface area contributed by atoms with Crippen LogP contribution < -0.4 is 0 Å². The number of benzene rings is 2. The lowest BCUT2D eigenvalue weighted by atomic mass is 10.0. The third-order valence-electron chi connectivity index (χ3n) is 3.40. The topological polar surface area (TPSA) is 109 Å². The lowest BCUT2D eigenvalue weighted by Crippen LogP contribution is -2.52. The maximum absolute atomic E-state index is 12.3. The number of carbonyl (C=O) groups is 2. The minimum absolute atomic E-state index is 0.0377. The number of hydrogen-bond acceptors (Lipinski definition) is 5. The van der Waals surface area contributed by atoms with Crippen molar-refractivity contribution in [1.29, 1.82) is 0 Å². The van der Waals surface area contributed by atoms with Gasteiger partial charge in [-0.3, -0.25) is 4.55 Å². The van der Waals surface area contributed by atoms with E-state index >= 15 is 0 Å². The molecule has 108 valence electrons. The molecule has 1 aliphatic heterocycles. The van der Waals surface area contributed by atoms with Crippen molar-refractivity contribution in [2.24, 2.45) is 0 Å². The molecule has 1 unspecified atom stereocenters. The van der Waals surface area contributed by atoms with Crippen molar-refractivity contribution in [1.82, 2.24) is 0 Å². The number of carbonyl (C=O) groups excluding carboxylic acids is 2. The average molecular weight is 308 g/mol. The summed E-state index contributed by atoms with van der Waals surface area (Å²) in [6.07, 6.45) is 0. The first-order valence-corrected chi connectivity index (χ1v) is 7.52. The van der Waals surface area contributed by atoms with E-state index in [0.717, 1.165) is 0 Å². The van der Waals surface area contributed by atoms with Crippen LogP contribution in [0, 0.1) is 0 Å². The first-order chi connectivity index (χ1) is 9.74. The Balaban J connectivity index is 2.28. The van der Waals surface area contributed by atoms with Gasteiger partial charge in [-0.25, -0.2) is 9.59 Å². The summed E-state index contributed by atoms with van der Waals surface area (Å²) in [6.45, 7) is 0. The van der Waals surface area contributed by atoms with Crippen LogP contribution in [0.5, 0.6) is 0 Å². The van der Waals surface area contributed by atoms with Crippen molar-refractivity contribution >= 4 is 32.7 Å². The quantitative estimate of drug-likeness (QED) is 0.373. The van der Waals surface area contributed by atoms with Crippen LogP contribution in [0.25, 0.3) is 10.8 Å². The zero-order valence-corrected chi connectivity index (χ0v) is 11.4. The van der Waals surface area contributed by atoms with Gasteiger partial charge in [-0.2, -0.15) is 13.6 Å². The second kappa shape index (κ2) is 4.18. The maximum atomic E-state index is 12.3. The van der Waals surface area contributed by atoms with Crippen LogP contribution in [0.15, 0.2) is 36.4 Å². The van der Waals surface area contributed by atoms with Crippen molar-refractivity contribution in [3.63, 3.8) is 0 Å². The van der Waals surface area contributed by atoms with Crippen LogP contribution in [0.1, 0.15) is 20.7 Å². The third-order valence-corrected chi connectivity index (χ3v) is 4.10. The molecular weight excluding hydrogens is 298 g/mol. The number of rotatable bonds is 2. The fraction of sp³-hybridized carbons (Fsp3) is 0.0769.